The van der Waals surface area contributed by atoms with E-state index in [0.717, 1.165) is 36.9 Å². The summed E-state index contributed by atoms with van der Waals surface area (Å²) in [7, 11) is 0. The molecule has 1 amide bonds. The number of amides is 1. The van der Waals surface area contributed by atoms with Crippen LogP contribution in [-0.4, -0.2) is 33.6 Å². The Hall–Kier alpha value is -2.89. The summed E-state index contributed by atoms with van der Waals surface area (Å²) in [6.07, 6.45) is 16.1. The molecule has 2 saturated carbocycles. The zero-order chi connectivity index (χ0) is 24.0. The van der Waals surface area contributed by atoms with Gasteiger partial charge in [-0.1, -0.05) is 68.1 Å². The lowest BCUT2D eigenvalue weighted by atomic mass is 9.89. The molecule has 0 radical (unpaired) electrons. The molecule has 1 aromatic heterocycles. The molecule has 5 heteroatoms. The average molecular weight is 472 g/mol. The number of hydrogen-bond acceptors (Lipinski definition) is 3. The molecular formula is C30H37N3O2. The van der Waals surface area contributed by atoms with Gasteiger partial charge in [-0.2, -0.15) is 0 Å². The Morgan fingerprint density at radius 2 is 1.83 bits per heavy atom. The molecule has 0 bridgehead atoms. The lowest BCUT2D eigenvalue weighted by Gasteiger charge is -2.30. The minimum atomic E-state index is -0.518. The highest BCUT2D eigenvalue weighted by Gasteiger charge is 2.34. The number of rotatable bonds is 9. The van der Waals surface area contributed by atoms with Crippen LogP contribution in [0.4, 0.5) is 0 Å². The molecule has 5 nitrogen and oxygen atoms in total. The minimum Gasteiger partial charge on any atom is -0.361 e. The van der Waals surface area contributed by atoms with Crippen molar-refractivity contribution in [1.82, 2.24) is 15.4 Å². The number of carbonyl (C=O) groups excluding carboxylic acids is 1. The van der Waals surface area contributed by atoms with Crippen LogP contribution in [0.25, 0.3) is 17.0 Å². The van der Waals surface area contributed by atoms with Crippen LogP contribution in [0.2, 0.25) is 0 Å². The molecule has 0 spiro atoms. The molecule has 35 heavy (non-hydrogen) atoms. The highest BCUT2D eigenvalue weighted by Crippen LogP contribution is 2.42. The van der Waals surface area contributed by atoms with E-state index in [1.807, 2.05) is 12.1 Å². The van der Waals surface area contributed by atoms with Gasteiger partial charge >= 0.3 is 0 Å². The molecule has 2 aliphatic rings. The second-order valence-corrected chi connectivity index (χ2v) is 10.4. The summed E-state index contributed by atoms with van der Waals surface area (Å²) in [5.41, 5.74) is 6.50. The van der Waals surface area contributed by atoms with Crippen molar-refractivity contribution in [2.24, 2.45) is 11.8 Å². The number of nitrogens with zero attached hydrogens (tertiary/aromatic N) is 1. The van der Waals surface area contributed by atoms with Crippen molar-refractivity contribution < 1.29 is 10.0 Å². The van der Waals surface area contributed by atoms with Gasteiger partial charge in [0.25, 0.3) is 5.91 Å². The molecule has 2 unspecified atom stereocenters. The zero-order valence-corrected chi connectivity index (χ0v) is 20.5. The molecule has 1 heterocycles. The topological polar surface area (TPSA) is 68.4 Å². The number of H-pyrrole nitrogens is 1. The standard InChI is InChI=1S/C30H37N3O2/c34-30(32-35)16-13-22-9-11-23(12-10-22)21-33(27-15-14-25(19-27)24-5-1-2-6-24)18-17-26-20-31-29-8-4-3-7-28(26)29/h3-4,7-13,16,20,24-25,27,31,35H,1-2,5-6,14-15,17-19,21H2,(H,32,34)/b16-13+. The summed E-state index contributed by atoms with van der Waals surface area (Å²) in [5, 5.41) is 10.0. The van der Waals surface area contributed by atoms with Crippen molar-refractivity contribution in [1.29, 1.82) is 0 Å². The van der Waals surface area contributed by atoms with Gasteiger partial charge in [-0.3, -0.25) is 14.9 Å². The molecule has 3 aromatic rings. The Morgan fingerprint density at radius 1 is 1.03 bits per heavy atom. The largest absolute Gasteiger partial charge is 0.361 e. The second-order valence-electron chi connectivity index (χ2n) is 10.4. The SMILES string of the molecule is O=C(/C=C/c1ccc(CN(CCc2c[nH]c3ccccc23)C2CCC(C3CCCC3)C2)cc1)NO. The Balaban J connectivity index is 1.28. The molecule has 2 atom stereocenters. The normalized spacial score (nSPS) is 21.0. The molecule has 2 aliphatic carbocycles. The van der Waals surface area contributed by atoms with Gasteiger partial charge in [-0.15, -0.1) is 0 Å². The number of benzene rings is 2. The number of aromatic nitrogens is 1. The first-order valence-electron chi connectivity index (χ1n) is 13.2. The molecule has 0 saturated heterocycles. The lowest BCUT2D eigenvalue weighted by Crippen LogP contribution is -2.35. The molecular weight excluding hydrogens is 434 g/mol. The second kappa shape index (κ2) is 11.2. The highest BCUT2D eigenvalue weighted by molar-refractivity contribution is 5.90. The number of nitrogens with one attached hydrogen (secondary N) is 2. The number of hydroxylamine groups is 1. The fourth-order valence-electron chi connectivity index (χ4n) is 6.35. The van der Waals surface area contributed by atoms with Gasteiger partial charge in [0.15, 0.2) is 0 Å². The van der Waals surface area contributed by atoms with E-state index in [1.165, 1.54) is 73.1 Å². The van der Waals surface area contributed by atoms with Crippen molar-refractivity contribution in [3.63, 3.8) is 0 Å². The van der Waals surface area contributed by atoms with Gasteiger partial charge in [-0.25, -0.2) is 5.48 Å². The van der Waals surface area contributed by atoms with E-state index in [9.17, 15) is 4.79 Å². The molecule has 184 valence electrons. The molecule has 2 aromatic carbocycles. The van der Waals surface area contributed by atoms with Gasteiger partial charge < -0.3 is 4.98 Å². The fraction of sp³-hybridized carbons (Fsp3) is 0.433. The maximum absolute atomic E-state index is 11.3. The number of fused-ring (bicyclic) bond motifs is 1. The van der Waals surface area contributed by atoms with E-state index in [1.54, 1.807) is 11.6 Å². The van der Waals surface area contributed by atoms with Crippen LogP contribution in [0.5, 0.6) is 0 Å². The summed E-state index contributed by atoms with van der Waals surface area (Å²) in [4.78, 5) is 17.4. The fourth-order valence-corrected chi connectivity index (χ4v) is 6.35. The van der Waals surface area contributed by atoms with E-state index in [-0.39, 0.29) is 0 Å². The van der Waals surface area contributed by atoms with E-state index >= 15 is 0 Å². The van der Waals surface area contributed by atoms with Gasteiger partial charge in [-0.05, 0) is 66.4 Å². The number of para-hydroxylation sites is 1. The van der Waals surface area contributed by atoms with E-state index in [2.05, 4.69) is 52.5 Å². The number of aromatic amines is 1. The van der Waals surface area contributed by atoms with Crippen molar-refractivity contribution in [3.05, 3.63) is 77.5 Å². The van der Waals surface area contributed by atoms with Crippen LogP contribution in [0.3, 0.4) is 0 Å². The summed E-state index contributed by atoms with van der Waals surface area (Å²) >= 11 is 0. The van der Waals surface area contributed by atoms with Crippen molar-refractivity contribution in [2.75, 3.05) is 6.54 Å². The van der Waals surface area contributed by atoms with Crippen molar-refractivity contribution in [2.45, 2.75) is 64.0 Å². The van der Waals surface area contributed by atoms with Gasteiger partial charge in [0.2, 0.25) is 0 Å². The zero-order valence-electron chi connectivity index (χ0n) is 20.5. The molecule has 2 fully saturated rings. The van der Waals surface area contributed by atoms with Crippen LogP contribution in [0.1, 0.15) is 61.6 Å². The predicted octanol–water partition coefficient (Wildman–Crippen LogP) is 6.09. The number of hydrogen-bond donors (Lipinski definition) is 3. The summed E-state index contributed by atoms with van der Waals surface area (Å²) in [6.45, 7) is 2.01. The number of carbonyl (C=O) groups is 1. The Bertz CT molecular complexity index is 1140. The molecule has 5 rings (SSSR count). The third kappa shape index (κ3) is 5.85. The van der Waals surface area contributed by atoms with E-state index < -0.39 is 5.91 Å². The summed E-state index contributed by atoms with van der Waals surface area (Å²) in [5.74, 6) is 1.34. The van der Waals surface area contributed by atoms with E-state index in [0.29, 0.717) is 6.04 Å². The van der Waals surface area contributed by atoms with Crippen molar-refractivity contribution >= 4 is 22.9 Å². The van der Waals surface area contributed by atoms with Gasteiger partial charge in [0.1, 0.15) is 0 Å². The van der Waals surface area contributed by atoms with Crippen LogP contribution in [0.15, 0.2) is 60.8 Å². The summed E-state index contributed by atoms with van der Waals surface area (Å²) < 4.78 is 0. The maximum Gasteiger partial charge on any atom is 0.267 e. The first-order valence-corrected chi connectivity index (χ1v) is 13.2. The average Bonchev–Trinajstić information content (AvgIpc) is 3.66. The smallest absolute Gasteiger partial charge is 0.267 e. The monoisotopic (exact) mass is 471 g/mol. The van der Waals surface area contributed by atoms with Crippen LogP contribution in [-0.2, 0) is 17.8 Å². The van der Waals surface area contributed by atoms with Crippen LogP contribution >= 0.6 is 0 Å². The quantitative estimate of drug-likeness (QED) is 0.201. The third-order valence-corrected chi connectivity index (χ3v) is 8.27. The van der Waals surface area contributed by atoms with Crippen molar-refractivity contribution in [3.8, 4) is 0 Å². The van der Waals surface area contributed by atoms with Crippen LogP contribution < -0.4 is 5.48 Å². The first-order chi connectivity index (χ1) is 17.2. The van der Waals surface area contributed by atoms with Gasteiger partial charge in [0, 0.05) is 42.3 Å². The minimum absolute atomic E-state index is 0.518. The predicted molar refractivity (Wildman–Crippen MR) is 141 cm³/mol. The first kappa shape index (κ1) is 23.8. The Kier molecular flexibility index (Phi) is 7.65. The summed E-state index contributed by atoms with van der Waals surface area (Å²) in [6, 6.07) is 17.7. The van der Waals surface area contributed by atoms with Gasteiger partial charge in [0.05, 0.1) is 0 Å². The Morgan fingerprint density at radius 3 is 2.63 bits per heavy atom. The third-order valence-electron chi connectivity index (χ3n) is 8.27. The molecule has 3 N–H and O–H groups in total. The molecule has 0 aliphatic heterocycles. The maximum atomic E-state index is 11.3. The van der Waals surface area contributed by atoms with Crippen LogP contribution in [0, 0.1) is 11.8 Å². The lowest BCUT2D eigenvalue weighted by molar-refractivity contribution is -0.124. The van der Waals surface area contributed by atoms with E-state index in [4.69, 9.17) is 5.21 Å². The highest BCUT2D eigenvalue weighted by atomic mass is 16.5. The Labute approximate surface area is 208 Å².